The molecule has 1 aliphatic rings. The van der Waals surface area contributed by atoms with E-state index in [4.69, 9.17) is 9.52 Å². The number of furan rings is 1. The molecular weight excluding hydrogens is 290 g/mol. The Kier molecular flexibility index (Phi) is 3.24. The summed E-state index contributed by atoms with van der Waals surface area (Å²) in [4.78, 5) is 24.6. The van der Waals surface area contributed by atoms with E-state index in [9.17, 15) is 9.59 Å². The fourth-order valence-corrected chi connectivity index (χ4v) is 2.48. The molecular formula is C11H12BrNO4. The van der Waals surface area contributed by atoms with Crippen molar-refractivity contribution in [1.29, 1.82) is 0 Å². The van der Waals surface area contributed by atoms with Gasteiger partial charge in [0.1, 0.15) is 6.26 Å². The molecule has 0 radical (unpaired) electrons. The molecule has 2 heterocycles. The third-order valence-electron chi connectivity index (χ3n) is 3.15. The van der Waals surface area contributed by atoms with Gasteiger partial charge in [0.15, 0.2) is 4.67 Å². The Morgan fingerprint density at radius 3 is 2.76 bits per heavy atom. The molecule has 1 aromatic rings. The Hall–Kier alpha value is -1.30. The maximum absolute atomic E-state index is 12.1. The lowest BCUT2D eigenvalue weighted by Crippen LogP contribution is -2.37. The molecule has 1 N–H and O–H groups in total. The number of rotatable bonds is 2. The largest absolute Gasteiger partial charge is 0.481 e. The first kappa shape index (κ1) is 12.2. The van der Waals surface area contributed by atoms with E-state index in [-0.39, 0.29) is 11.9 Å². The molecule has 1 aliphatic heterocycles. The Balaban J connectivity index is 2.14. The summed E-state index contributed by atoms with van der Waals surface area (Å²) in [5.74, 6) is -1.51. The summed E-state index contributed by atoms with van der Waals surface area (Å²) < 4.78 is 5.50. The van der Waals surface area contributed by atoms with Gasteiger partial charge in [-0.1, -0.05) is 0 Å². The number of hydrogen-bond donors (Lipinski definition) is 1. The Morgan fingerprint density at radius 1 is 1.59 bits per heavy atom. The normalized spacial score (nSPS) is 24.0. The van der Waals surface area contributed by atoms with Gasteiger partial charge in [-0.3, -0.25) is 9.59 Å². The van der Waals surface area contributed by atoms with E-state index >= 15 is 0 Å². The average molecular weight is 302 g/mol. The summed E-state index contributed by atoms with van der Waals surface area (Å²) in [7, 11) is 0. The van der Waals surface area contributed by atoms with E-state index in [0.29, 0.717) is 23.2 Å². The first-order valence-corrected chi connectivity index (χ1v) is 6.08. The lowest BCUT2D eigenvalue weighted by molar-refractivity contribution is -0.142. The van der Waals surface area contributed by atoms with Crippen LogP contribution >= 0.6 is 15.9 Å². The molecule has 2 rings (SSSR count). The molecule has 5 nitrogen and oxygen atoms in total. The standard InChI is InChI=1S/C11H12BrNO4/c1-6-8(11(15)16)2-3-13(6)10(14)7-4-9(12)17-5-7/h4-6,8H,2-3H2,1H3,(H,15,16). The first-order valence-electron chi connectivity index (χ1n) is 5.28. The molecule has 92 valence electrons. The molecule has 17 heavy (non-hydrogen) atoms. The summed E-state index contributed by atoms with van der Waals surface area (Å²) in [6.45, 7) is 2.23. The van der Waals surface area contributed by atoms with Crippen LogP contribution in [0.2, 0.25) is 0 Å². The van der Waals surface area contributed by atoms with Crippen LogP contribution in [0.5, 0.6) is 0 Å². The van der Waals surface area contributed by atoms with E-state index in [1.807, 2.05) is 0 Å². The van der Waals surface area contributed by atoms with E-state index in [0.717, 1.165) is 0 Å². The molecule has 1 fully saturated rings. The zero-order valence-electron chi connectivity index (χ0n) is 9.22. The topological polar surface area (TPSA) is 70.8 Å². The summed E-state index contributed by atoms with van der Waals surface area (Å²) in [5.41, 5.74) is 0.440. The first-order chi connectivity index (χ1) is 8.00. The molecule has 0 aliphatic carbocycles. The Labute approximate surface area is 107 Å². The zero-order chi connectivity index (χ0) is 12.6. The second-order valence-corrected chi connectivity index (χ2v) is 4.89. The van der Waals surface area contributed by atoms with Gasteiger partial charge in [0.25, 0.3) is 5.91 Å². The quantitative estimate of drug-likeness (QED) is 0.907. The van der Waals surface area contributed by atoms with Crippen molar-refractivity contribution in [3.63, 3.8) is 0 Å². The Bertz CT molecular complexity index is 456. The molecule has 2 atom stereocenters. The van der Waals surface area contributed by atoms with Gasteiger partial charge in [0.2, 0.25) is 0 Å². The minimum atomic E-state index is -0.846. The predicted molar refractivity (Wildman–Crippen MR) is 62.6 cm³/mol. The van der Waals surface area contributed by atoms with Crippen LogP contribution in [0.1, 0.15) is 23.7 Å². The number of amides is 1. The number of carbonyl (C=O) groups is 2. The number of likely N-dealkylation sites (tertiary alicyclic amines) is 1. The average Bonchev–Trinajstić information content (AvgIpc) is 2.83. The van der Waals surface area contributed by atoms with Crippen LogP contribution < -0.4 is 0 Å². The van der Waals surface area contributed by atoms with Crippen molar-refractivity contribution in [1.82, 2.24) is 4.90 Å². The van der Waals surface area contributed by atoms with Crippen LogP contribution in [0.4, 0.5) is 0 Å². The summed E-state index contributed by atoms with van der Waals surface area (Å²) in [6.07, 6.45) is 1.87. The molecule has 1 saturated heterocycles. The summed E-state index contributed by atoms with van der Waals surface area (Å²) >= 11 is 3.13. The number of hydrogen-bond acceptors (Lipinski definition) is 3. The van der Waals surface area contributed by atoms with Gasteiger partial charge in [0, 0.05) is 18.7 Å². The highest BCUT2D eigenvalue weighted by molar-refractivity contribution is 9.10. The molecule has 0 aromatic carbocycles. The lowest BCUT2D eigenvalue weighted by atomic mass is 10.0. The minimum absolute atomic E-state index is 0.185. The maximum atomic E-state index is 12.1. The van der Waals surface area contributed by atoms with Crippen molar-refractivity contribution < 1.29 is 19.1 Å². The summed E-state index contributed by atoms with van der Waals surface area (Å²) in [5, 5.41) is 8.99. The van der Waals surface area contributed by atoms with Crippen molar-refractivity contribution in [2.45, 2.75) is 19.4 Å². The molecule has 1 aromatic heterocycles. The van der Waals surface area contributed by atoms with Gasteiger partial charge in [-0.05, 0) is 29.3 Å². The molecule has 1 amide bonds. The minimum Gasteiger partial charge on any atom is -0.481 e. The number of nitrogens with zero attached hydrogens (tertiary/aromatic N) is 1. The molecule has 6 heteroatoms. The van der Waals surface area contributed by atoms with Crippen LogP contribution in [-0.4, -0.2) is 34.5 Å². The highest BCUT2D eigenvalue weighted by Crippen LogP contribution is 2.27. The third-order valence-corrected chi connectivity index (χ3v) is 3.56. The summed E-state index contributed by atoms with van der Waals surface area (Å²) in [6, 6.07) is 1.30. The van der Waals surface area contributed by atoms with Crippen molar-refractivity contribution in [2.75, 3.05) is 6.54 Å². The van der Waals surface area contributed by atoms with Crippen LogP contribution in [0.3, 0.4) is 0 Å². The lowest BCUT2D eigenvalue weighted by Gasteiger charge is -2.22. The Morgan fingerprint density at radius 2 is 2.29 bits per heavy atom. The monoisotopic (exact) mass is 301 g/mol. The van der Waals surface area contributed by atoms with Crippen molar-refractivity contribution in [2.24, 2.45) is 5.92 Å². The van der Waals surface area contributed by atoms with Crippen LogP contribution in [0.15, 0.2) is 21.4 Å². The highest BCUT2D eigenvalue weighted by Gasteiger charge is 2.38. The van der Waals surface area contributed by atoms with Crippen molar-refractivity contribution >= 4 is 27.8 Å². The fourth-order valence-electron chi connectivity index (χ4n) is 2.14. The van der Waals surface area contributed by atoms with Gasteiger partial charge in [0.05, 0.1) is 11.5 Å². The number of carbonyl (C=O) groups excluding carboxylic acids is 1. The van der Waals surface area contributed by atoms with Gasteiger partial charge in [-0.2, -0.15) is 0 Å². The van der Waals surface area contributed by atoms with Gasteiger partial charge in [-0.15, -0.1) is 0 Å². The van der Waals surface area contributed by atoms with Gasteiger partial charge < -0.3 is 14.4 Å². The molecule has 0 spiro atoms. The van der Waals surface area contributed by atoms with Gasteiger partial charge in [-0.25, -0.2) is 0 Å². The van der Waals surface area contributed by atoms with Crippen LogP contribution in [-0.2, 0) is 4.79 Å². The number of carboxylic acids is 1. The van der Waals surface area contributed by atoms with E-state index in [2.05, 4.69) is 15.9 Å². The van der Waals surface area contributed by atoms with E-state index in [1.165, 1.54) is 6.26 Å². The second kappa shape index (κ2) is 4.52. The van der Waals surface area contributed by atoms with Crippen LogP contribution in [0, 0.1) is 5.92 Å². The van der Waals surface area contributed by atoms with E-state index in [1.54, 1.807) is 17.9 Å². The smallest absolute Gasteiger partial charge is 0.308 e. The van der Waals surface area contributed by atoms with Crippen molar-refractivity contribution in [3.05, 3.63) is 22.6 Å². The SMILES string of the molecule is CC1C(C(=O)O)CCN1C(=O)c1coc(Br)c1. The molecule has 2 unspecified atom stereocenters. The number of halogens is 1. The zero-order valence-corrected chi connectivity index (χ0v) is 10.8. The maximum Gasteiger partial charge on any atom is 0.308 e. The van der Waals surface area contributed by atoms with Crippen molar-refractivity contribution in [3.8, 4) is 0 Å². The number of aliphatic carboxylic acids is 1. The third kappa shape index (κ3) is 2.22. The van der Waals surface area contributed by atoms with Gasteiger partial charge >= 0.3 is 5.97 Å². The molecule has 0 saturated carbocycles. The van der Waals surface area contributed by atoms with Crippen LogP contribution in [0.25, 0.3) is 0 Å². The number of carboxylic acid groups (broad SMARTS) is 1. The van der Waals surface area contributed by atoms with E-state index < -0.39 is 11.9 Å². The second-order valence-electron chi connectivity index (χ2n) is 4.11. The predicted octanol–water partition coefficient (Wildman–Crippen LogP) is 1.98. The fraction of sp³-hybridized carbons (Fsp3) is 0.455. The molecule has 0 bridgehead atoms. The highest BCUT2D eigenvalue weighted by atomic mass is 79.9.